The van der Waals surface area contributed by atoms with Crippen LogP contribution >= 0.6 is 0 Å². The van der Waals surface area contributed by atoms with Crippen molar-refractivity contribution in [2.24, 2.45) is 7.05 Å². The van der Waals surface area contributed by atoms with Crippen LogP contribution in [0.1, 0.15) is 18.5 Å². The summed E-state index contributed by atoms with van der Waals surface area (Å²) in [6.07, 6.45) is 1.25. The molecule has 1 fully saturated rings. The molecule has 2 rings (SSSR count). The molecule has 19 heavy (non-hydrogen) atoms. The van der Waals surface area contributed by atoms with Gasteiger partial charge in [-0.25, -0.2) is 13.1 Å². The molecule has 0 spiro atoms. The van der Waals surface area contributed by atoms with E-state index in [-0.39, 0.29) is 23.8 Å². The number of sulfone groups is 1. The van der Waals surface area contributed by atoms with E-state index < -0.39 is 20.0 Å². The van der Waals surface area contributed by atoms with E-state index in [1.807, 2.05) is 0 Å². The van der Waals surface area contributed by atoms with Crippen LogP contribution in [0.15, 0.2) is 0 Å². The SMILES string of the molecule is Cc1nn(C)c(NCC2CCCS2(=O)=O)c1[N+](=O)[O-]. The van der Waals surface area contributed by atoms with Gasteiger partial charge in [-0.3, -0.25) is 10.1 Å². The molecule has 1 atom stereocenters. The van der Waals surface area contributed by atoms with Gasteiger partial charge in [0.1, 0.15) is 5.69 Å². The van der Waals surface area contributed by atoms with Crippen LogP contribution in [0.2, 0.25) is 0 Å². The van der Waals surface area contributed by atoms with E-state index in [4.69, 9.17) is 0 Å². The van der Waals surface area contributed by atoms with Crippen molar-refractivity contribution in [1.82, 2.24) is 9.78 Å². The van der Waals surface area contributed by atoms with Gasteiger partial charge in [0.05, 0.1) is 15.9 Å². The van der Waals surface area contributed by atoms with Gasteiger partial charge in [-0.2, -0.15) is 5.10 Å². The summed E-state index contributed by atoms with van der Waals surface area (Å²) in [5.74, 6) is 0.455. The number of nitro groups is 1. The molecule has 1 aliphatic heterocycles. The predicted octanol–water partition coefficient (Wildman–Crippen LogP) is 0.626. The van der Waals surface area contributed by atoms with Crippen molar-refractivity contribution in [3.63, 3.8) is 0 Å². The second kappa shape index (κ2) is 4.80. The minimum absolute atomic E-state index is 0.0992. The number of hydrogen-bond donors (Lipinski definition) is 1. The molecule has 8 nitrogen and oxygen atoms in total. The molecule has 0 aliphatic carbocycles. The highest BCUT2D eigenvalue weighted by Crippen LogP contribution is 2.28. The maximum absolute atomic E-state index is 11.7. The summed E-state index contributed by atoms with van der Waals surface area (Å²) in [6.45, 7) is 1.73. The van der Waals surface area contributed by atoms with Gasteiger partial charge < -0.3 is 5.32 Å². The van der Waals surface area contributed by atoms with Crippen molar-refractivity contribution >= 4 is 21.3 Å². The zero-order valence-corrected chi connectivity index (χ0v) is 11.6. The van der Waals surface area contributed by atoms with Gasteiger partial charge in [0, 0.05) is 13.6 Å². The number of anilines is 1. The van der Waals surface area contributed by atoms with E-state index >= 15 is 0 Å². The number of aromatic nitrogens is 2. The molecule has 0 amide bonds. The first-order valence-electron chi connectivity index (χ1n) is 5.96. The Bertz CT molecular complexity index is 607. The van der Waals surface area contributed by atoms with Crippen LogP contribution in [0.4, 0.5) is 11.5 Å². The lowest BCUT2D eigenvalue weighted by atomic mass is 10.2. The minimum atomic E-state index is -3.06. The highest BCUT2D eigenvalue weighted by molar-refractivity contribution is 7.92. The molecule has 2 heterocycles. The number of nitrogens with one attached hydrogen (secondary N) is 1. The molecule has 0 aromatic carbocycles. The molecular weight excluding hydrogens is 272 g/mol. The molecule has 9 heteroatoms. The third-order valence-corrected chi connectivity index (χ3v) is 5.61. The Morgan fingerprint density at radius 1 is 1.58 bits per heavy atom. The average Bonchev–Trinajstić information content (AvgIpc) is 2.75. The Kier molecular flexibility index (Phi) is 3.48. The van der Waals surface area contributed by atoms with E-state index in [9.17, 15) is 18.5 Å². The smallest absolute Gasteiger partial charge is 0.333 e. The standard InChI is InChI=1S/C10H16N4O4S/c1-7-9(14(15)16)10(13(2)12-7)11-6-8-4-3-5-19(8,17)18/h8,11H,3-6H2,1-2H3. The zero-order valence-electron chi connectivity index (χ0n) is 10.8. The van der Waals surface area contributed by atoms with Crippen LogP contribution in [0.25, 0.3) is 0 Å². The predicted molar refractivity (Wildman–Crippen MR) is 69.9 cm³/mol. The Hall–Kier alpha value is -1.64. The highest BCUT2D eigenvalue weighted by atomic mass is 32.2. The Balaban J connectivity index is 2.18. The number of hydrogen-bond acceptors (Lipinski definition) is 6. The zero-order chi connectivity index (χ0) is 14.2. The maximum Gasteiger partial charge on any atom is 0.333 e. The first-order valence-corrected chi connectivity index (χ1v) is 7.68. The number of rotatable bonds is 4. The summed E-state index contributed by atoms with van der Waals surface area (Å²) in [4.78, 5) is 10.5. The Labute approximate surface area is 110 Å². The fourth-order valence-corrected chi connectivity index (χ4v) is 4.13. The van der Waals surface area contributed by atoms with Crippen molar-refractivity contribution in [2.45, 2.75) is 25.0 Å². The molecule has 1 aromatic heterocycles. The molecular formula is C10H16N4O4S. The van der Waals surface area contributed by atoms with Crippen molar-refractivity contribution in [1.29, 1.82) is 0 Å². The number of nitrogens with zero attached hydrogens (tertiary/aromatic N) is 3. The van der Waals surface area contributed by atoms with Gasteiger partial charge in [-0.1, -0.05) is 0 Å². The van der Waals surface area contributed by atoms with Crippen LogP contribution in [-0.2, 0) is 16.9 Å². The van der Waals surface area contributed by atoms with Gasteiger partial charge in [0.25, 0.3) is 0 Å². The first-order chi connectivity index (χ1) is 8.83. The normalized spacial score (nSPS) is 21.5. The van der Waals surface area contributed by atoms with E-state index in [1.165, 1.54) is 4.68 Å². The van der Waals surface area contributed by atoms with Crippen molar-refractivity contribution in [2.75, 3.05) is 17.6 Å². The molecule has 0 bridgehead atoms. The minimum Gasteiger partial charge on any atom is -0.363 e. The van der Waals surface area contributed by atoms with Gasteiger partial charge >= 0.3 is 5.69 Å². The van der Waals surface area contributed by atoms with Gasteiger partial charge in [-0.15, -0.1) is 0 Å². The molecule has 1 N–H and O–H groups in total. The molecule has 1 aliphatic rings. The monoisotopic (exact) mass is 288 g/mol. The summed E-state index contributed by atoms with van der Waals surface area (Å²) >= 11 is 0. The largest absolute Gasteiger partial charge is 0.363 e. The molecule has 0 radical (unpaired) electrons. The lowest BCUT2D eigenvalue weighted by molar-refractivity contribution is -0.384. The van der Waals surface area contributed by atoms with Crippen molar-refractivity contribution < 1.29 is 13.3 Å². The quantitative estimate of drug-likeness (QED) is 0.643. The second-order valence-electron chi connectivity index (χ2n) is 4.68. The molecule has 0 saturated carbocycles. The van der Waals surface area contributed by atoms with Crippen molar-refractivity contribution in [3.8, 4) is 0 Å². The lowest BCUT2D eigenvalue weighted by Crippen LogP contribution is -2.26. The van der Waals surface area contributed by atoms with E-state index in [0.717, 1.165) is 0 Å². The number of aryl methyl sites for hydroxylation is 2. The lowest BCUT2D eigenvalue weighted by Gasteiger charge is -2.11. The van der Waals surface area contributed by atoms with Gasteiger partial charge in [-0.05, 0) is 19.8 Å². The first kappa shape index (κ1) is 13.8. The van der Waals surface area contributed by atoms with Crippen molar-refractivity contribution in [3.05, 3.63) is 15.8 Å². The summed E-state index contributed by atoms with van der Waals surface area (Å²) in [6, 6.07) is 0. The second-order valence-corrected chi connectivity index (χ2v) is 7.08. The molecule has 106 valence electrons. The summed E-state index contributed by atoms with van der Waals surface area (Å²) in [7, 11) is -1.47. The summed E-state index contributed by atoms with van der Waals surface area (Å²) in [5, 5.41) is 17.3. The molecule has 1 unspecified atom stereocenters. The maximum atomic E-state index is 11.7. The van der Waals surface area contributed by atoms with Crippen LogP contribution in [0.3, 0.4) is 0 Å². The highest BCUT2D eigenvalue weighted by Gasteiger charge is 2.32. The molecule has 1 saturated heterocycles. The Morgan fingerprint density at radius 2 is 2.26 bits per heavy atom. The van der Waals surface area contributed by atoms with Crippen LogP contribution in [0, 0.1) is 17.0 Å². The topological polar surface area (TPSA) is 107 Å². The fraction of sp³-hybridized carbons (Fsp3) is 0.700. The summed E-state index contributed by atoms with van der Waals surface area (Å²) < 4.78 is 24.8. The van der Waals surface area contributed by atoms with E-state index in [0.29, 0.717) is 18.5 Å². The fourth-order valence-electron chi connectivity index (χ4n) is 2.36. The van der Waals surface area contributed by atoms with E-state index in [2.05, 4.69) is 10.4 Å². The summed E-state index contributed by atoms with van der Waals surface area (Å²) in [5.41, 5.74) is 0.210. The van der Waals surface area contributed by atoms with Crippen LogP contribution in [-0.4, -0.2) is 40.7 Å². The molecule has 1 aromatic rings. The third-order valence-electron chi connectivity index (χ3n) is 3.33. The van der Waals surface area contributed by atoms with E-state index in [1.54, 1.807) is 14.0 Å². The van der Waals surface area contributed by atoms with Gasteiger partial charge in [0.15, 0.2) is 9.84 Å². The van der Waals surface area contributed by atoms with Gasteiger partial charge in [0.2, 0.25) is 5.82 Å². The Morgan fingerprint density at radius 3 is 2.79 bits per heavy atom. The van der Waals surface area contributed by atoms with Crippen LogP contribution in [0.5, 0.6) is 0 Å². The average molecular weight is 288 g/mol. The third kappa shape index (κ3) is 2.55. The van der Waals surface area contributed by atoms with Crippen LogP contribution < -0.4 is 5.32 Å².